The maximum atomic E-state index is 12.5. The van der Waals surface area contributed by atoms with Gasteiger partial charge in [0, 0.05) is 56.7 Å². The highest BCUT2D eigenvalue weighted by molar-refractivity contribution is 7.99. The molecule has 0 aromatic heterocycles. The zero-order chi connectivity index (χ0) is 30.7. The lowest BCUT2D eigenvalue weighted by Crippen LogP contribution is -2.25. The van der Waals surface area contributed by atoms with Gasteiger partial charge in [-0.3, -0.25) is 4.55 Å². The van der Waals surface area contributed by atoms with Gasteiger partial charge < -0.3 is 9.32 Å². The van der Waals surface area contributed by atoms with Gasteiger partial charge in [-0.05, 0) is 48.5 Å². The fourth-order valence-electron chi connectivity index (χ4n) is 5.06. The minimum Gasteiger partial charge on any atom is -0.456 e. The fraction of sp³-hybridized carbons (Fsp3) is 0.114. The smallest absolute Gasteiger partial charge is 0.295 e. The van der Waals surface area contributed by atoms with Gasteiger partial charge in [0.25, 0.3) is 10.1 Å². The van der Waals surface area contributed by atoms with E-state index in [1.54, 1.807) is 41.7 Å². The van der Waals surface area contributed by atoms with Crippen LogP contribution < -0.4 is 14.8 Å². The molecule has 0 radical (unpaired) electrons. The molecule has 4 aromatic rings. The molecule has 2 aliphatic rings. The highest BCUT2D eigenvalue weighted by atomic mass is 32.2. The summed E-state index contributed by atoms with van der Waals surface area (Å²) in [7, 11) is -0.418. The third-order valence-corrected chi connectivity index (χ3v) is 10.5. The van der Waals surface area contributed by atoms with Crippen molar-refractivity contribution in [2.75, 3.05) is 30.7 Å². The summed E-state index contributed by atoms with van der Waals surface area (Å²) in [6, 6.07) is 38.9. The lowest BCUT2D eigenvalue weighted by Gasteiger charge is -2.21. The second-order valence-corrected chi connectivity index (χ2v) is 13.8. The Kier molecular flexibility index (Phi) is 8.81. The molecule has 1 heterocycles. The number of nitrogens with zero attached hydrogens (tertiary/aromatic N) is 2. The van der Waals surface area contributed by atoms with Gasteiger partial charge in [-0.2, -0.15) is 8.42 Å². The van der Waals surface area contributed by atoms with Crippen molar-refractivity contribution in [3.05, 3.63) is 127 Å². The Labute approximate surface area is 265 Å². The van der Waals surface area contributed by atoms with Gasteiger partial charge in [0.1, 0.15) is 23.3 Å². The first-order valence-electron chi connectivity index (χ1n) is 14.0. The summed E-state index contributed by atoms with van der Waals surface area (Å²) in [5, 5.41) is 1.72. The molecule has 1 aliphatic carbocycles. The number of thioether (sulfide) groups is 2. The molecule has 9 heteroatoms. The van der Waals surface area contributed by atoms with E-state index in [-0.39, 0.29) is 4.90 Å². The number of benzene rings is 5. The average molecular weight is 640 g/mol. The predicted octanol–water partition coefficient (Wildman–Crippen LogP) is 7.79. The molecule has 0 bridgehead atoms. The van der Waals surface area contributed by atoms with E-state index in [1.165, 1.54) is 15.9 Å². The van der Waals surface area contributed by atoms with E-state index in [0.717, 1.165) is 33.7 Å². The van der Waals surface area contributed by atoms with Crippen LogP contribution in [0.2, 0.25) is 0 Å². The Hall–Kier alpha value is -4.02. The summed E-state index contributed by atoms with van der Waals surface area (Å²) in [6.07, 6.45) is 0. The Morgan fingerprint density at radius 2 is 1.43 bits per heavy atom. The minimum absolute atomic E-state index is 0.144. The zero-order valence-corrected chi connectivity index (χ0v) is 26.7. The van der Waals surface area contributed by atoms with Gasteiger partial charge in [-0.25, -0.2) is 4.58 Å². The van der Waals surface area contributed by atoms with Crippen molar-refractivity contribution in [3.8, 4) is 22.5 Å². The van der Waals surface area contributed by atoms with E-state index in [1.807, 2.05) is 86.9 Å². The molecule has 0 fully saturated rings. The van der Waals surface area contributed by atoms with Crippen molar-refractivity contribution in [1.82, 2.24) is 4.58 Å². The van der Waals surface area contributed by atoms with E-state index >= 15 is 0 Å². The number of hydrogen-bond acceptors (Lipinski definition) is 6. The van der Waals surface area contributed by atoms with Crippen molar-refractivity contribution in [2.45, 2.75) is 14.7 Å². The third-order valence-electron chi connectivity index (χ3n) is 7.34. The number of fused-ring (bicyclic) bond motifs is 2. The SMILES string of the molecule is CN(CSc1ccccc1)c1ccc2c(-c3ccccc3S(=O)(=O)O)c3cc/c(=[N+](\C)CSc4ccccc4)cc-3oc2c1. The molecule has 0 saturated carbocycles. The maximum Gasteiger partial charge on any atom is 0.295 e. The van der Waals surface area contributed by atoms with Gasteiger partial charge in [-0.1, -0.05) is 66.4 Å². The van der Waals surface area contributed by atoms with Crippen LogP contribution in [-0.4, -0.2) is 38.8 Å². The molecule has 0 atom stereocenters. The molecule has 222 valence electrons. The Morgan fingerprint density at radius 1 is 0.773 bits per heavy atom. The molecule has 6 rings (SSSR count). The largest absolute Gasteiger partial charge is 0.456 e. The molecule has 0 spiro atoms. The fourth-order valence-corrected chi connectivity index (χ4v) is 7.44. The van der Waals surface area contributed by atoms with Crippen LogP contribution in [0.4, 0.5) is 5.69 Å². The summed E-state index contributed by atoms with van der Waals surface area (Å²) in [4.78, 5) is 4.37. The van der Waals surface area contributed by atoms with Crippen LogP contribution in [0.3, 0.4) is 0 Å². The van der Waals surface area contributed by atoms with E-state index in [9.17, 15) is 13.0 Å². The summed E-state index contributed by atoms with van der Waals surface area (Å²) < 4.78 is 43.8. The van der Waals surface area contributed by atoms with Crippen LogP contribution in [0.5, 0.6) is 0 Å². The molecule has 44 heavy (non-hydrogen) atoms. The number of rotatable bonds is 9. The highest BCUT2D eigenvalue weighted by Crippen LogP contribution is 2.43. The van der Waals surface area contributed by atoms with Crippen molar-refractivity contribution in [2.24, 2.45) is 0 Å². The van der Waals surface area contributed by atoms with E-state index < -0.39 is 10.1 Å². The molecule has 1 aliphatic heterocycles. The van der Waals surface area contributed by atoms with Gasteiger partial charge in [0.15, 0.2) is 5.88 Å². The van der Waals surface area contributed by atoms with Crippen molar-refractivity contribution in [1.29, 1.82) is 0 Å². The lowest BCUT2D eigenvalue weighted by molar-refractivity contribution is 0.483. The van der Waals surface area contributed by atoms with Crippen LogP contribution in [-0.2, 0) is 10.1 Å². The topological polar surface area (TPSA) is 73.8 Å². The maximum absolute atomic E-state index is 12.5. The van der Waals surface area contributed by atoms with Crippen molar-refractivity contribution in [3.63, 3.8) is 0 Å². The van der Waals surface area contributed by atoms with Gasteiger partial charge in [-0.15, -0.1) is 11.8 Å². The number of anilines is 1. The predicted molar refractivity (Wildman–Crippen MR) is 182 cm³/mol. The van der Waals surface area contributed by atoms with E-state index in [4.69, 9.17) is 4.42 Å². The highest BCUT2D eigenvalue weighted by Gasteiger charge is 2.24. The summed E-state index contributed by atoms with van der Waals surface area (Å²) in [6.45, 7) is 0. The second kappa shape index (κ2) is 12.9. The standard InChI is InChI=1S/C35H30N2O4S3/c1-36(23-42-27-11-5-3-6-12-27)25-17-19-29-32(21-25)41-33-22-26(37(2)24-43-28-13-7-4-8-14-28)18-20-30(33)35(29)31-15-9-10-16-34(31)44(38,39)40/h3-22H,23-24H2,1-2H3/p+1. The van der Waals surface area contributed by atoms with Crippen LogP contribution in [0.1, 0.15) is 0 Å². The molecule has 0 saturated heterocycles. The monoisotopic (exact) mass is 639 g/mol. The number of hydrogen-bond donors (Lipinski definition) is 1. The summed E-state index contributed by atoms with van der Waals surface area (Å²) in [5.41, 5.74) is 3.44. The molecular formula is C35H31N2O4S3+. The Bertz CT molecular complexity index is 2080. The van der Waals surface area contributed by atoms with Crippen LogP contribution in [0, 0.1) is 0 Å². The second-order valence-electron chi connectivity index (χ2n) is 10.4. The van der Waals surface area contributed by atoms with E-state index in [2.05, 4.69) is 33.7 Å². The Balaban J connectivity index is 1.48. The normalized spacial score (nSPS) is 12.4. The minimum atomic E-state index is -4.48. The van der Waals surface area contributed by atoms with Gasteiger partial charge in [0.05, 0.1) is 11.9 Å². The third kappa shape index (κ3) is 6.56. The first-order chi connectivity index (χ1) is 21.3. The lowest BCUT2D eigenvalue weighted by atomic mass is 9.93. The molecule has 1 N–H and O–H groups in total. The molecule has 0 unspecified atom stereocenters. The molecular weight excluding hydrogens is 609 g/mol. The average Bonchev–Trinajstić information content (AvgIpc) is 3.05. The molecule has 0 amide bonds. The molecule has 6 nitrogen and oxygen atoms in total. The molecule has 4 aromatic carbocycles. The van der Waals surface area contributed by atoms with Crippen molar-refractivity contribution >= 4 is 50.3 Å². The van der Waals surface area contributed by atoms with Gasteiger partial charge >= 0.3 is 0 Å². The first kappa shape index (κ1) is 30.0. The van der Waals surface area contributed by atoms with E-state index in [0.29, 0.717) is 22.5 Å². The summed E-state index contributed by atoms with van der Waals surface area (Å²) >= 11 is 3.47. The first-order valence-corrected chi connectivity index (χ1v) is 17.4. The van der Waals surface area contributed by atoms with Crippen LogP contribution >= 0.6 is 23.5 Å². The zero-order valence-electron chi connectivity index (χ0n) is 24.3. The van der Waals surface area contributed by atoms with Gasteiger partial charge in [0.2, 0.25) is 5.36 Å². The quantitative estimate of drug-likeness (QED) is 0.0569. The summed E-state index contributed by atoms with van der Waals surface area (Å²) in [5.74, 6) is 2.08. The van der Waals surface area contributed by atoms with Crippen molar-refractivity contribution < 1.29 is 17.4 Å². The Morgan fingerprint density at radius 3 is 2.14 bits per heavy atom. The van der Waals surface area contributed by atoms with Crippen LogP contribution in [0.25, 0.3) is 33.4 Å². The van der Waals surface area contributed by atoms with Crippen LogP contribution in [0.15, 0.2) is 140 Å².